The summed E-state index contributed by atoms with van der Waals surface area (Å²) in [5.41, 5.74) is 24.7. The predicted molar refractivity (Wildman–Crippen MR) is 317 cm³/mol. The van der Waals surface area contributed by atoms with Gasteiger partial charge in [0, 0.05) is 44.0 Å². The van der Waals surface area contributed by atoms with E-state index in [0.717, 1.165) is 39.4 Å². The molecule has 2 aromatic heterocycles. The standard InChI is InChI=1S/C73H47N3/c1-2-19-48(20-3-1)51-21-16-22-52(47-51)55-23-5-11-33-65(55)75(54-45-41-50(42-46-54)49-39-43-53(44-40-49)74-66-34-12-6-24-56(66)57-25-7-13-35-67(57)74)70-38-18-31-63-71(70)60-27-4-9-29-61(60)73(63)62-30-10-15-37-69(62)76-68-36-14-8-26-58(68)59-28-17-32-64(73)72(59)76/h1-47H. The minimum absolute atomic E-state index is 0.590. The van der Waals surface area contributed by atoms with Gasteiger partial charge in [0.25, 0.3) is 0 Å². The number of benzene rings is 12. The molecule has 1 aliphatic heterocycles. The Hall–Kier alpha value is -9.96. The van der Waals surface area contributed by atoms with E-state index in [1.807, 2.05) is 0 Å². The van der Waals surface area contributed by atoms with Crippen LogP contribution < -0.4 is 4.90 Å². The minimum Gasteiger partial charge on any atom is -0.309 e. The van der Waals surface area contributed by atoms with Crippen LogP contribution in [0.1, 0.15) is 22.3 Å². The molecule has 1 unspecified atom stereocenters. The van der Waals surface area contributed by atoms with Crippen molar-refractivity contribution < 1.29 is 0 Å². The smallest absolute Gasteiger partial charge is 0.0755 e. The largest absolute Gasteiger partial charge is 0.309 e. The summed E-state index contributed by atoms with van der Waals surface area (Å²) in [6.45, 7) is 0. The third kappa shape index (κ3) is 5.99. The van der Waals surface area contributed by atoms with Crippen molar-refractivity contribution in [2.45, 2.75) is 5.41 Å². The molecule has 0 radical (unpaired) electrons. The van der Waals surface area contributed by atoms with Gasteiger partial charge in [-0.3, -0.25) is 0 Å². The first-order chi connectivity index (χ1) is 37.7. The molecule has 1 spiro atoms. The van der Waals surface area contributed by atoms with Crippen LogP contribution in [-0.2, 0) is 5.41 Å². The zero-order valence-corrected chi connectivity index (χ0v) is 41.5. The molecular weight excluding hydrogens is 919 g/mol. The molecule has 16 rings (SSSR count). The zero-order valence-electron chi connectivity index (χ0n) is 41.5. The fourth-order valence-corrected chi connectivity index (χ4v) is 13.4. The summed E-state index contributed by atoms with van der Waals surface area (Å²) in [5, 5.41) is 5.08. The highest BCUT2D eigenvalue weighted by Crippen LogP contribution is 2.63. The Morgan fingerprint density at radius 3 is 1.53 bits per heavy atom. The molecule has 0 saturated carbocycles. The molecule has 0 amide bonds. The highest BCUT2D eigenvalue weighted by molar-refractivity contribution is 6.14. The van der Waals surface area contributed by atoms with Crippen LogP contribution in [0.3, 0.4) is 0 Å². The van der Waals surface area contributed by atoms with Gasteiger partial charge in [-0.05, 0) is 122 Å². The summed E-state index contributed by atoms with van der Waals surface area (Å²) < 4.78 is 4.91. The summed E-state index contributed by atoms with van der Waals surface area (Å²) in [4.78, 5) is 2.53. The topological polar surface area (TPSA) is 13.1 Å². The van der Waals surface area contributed by atoms with Crippen molar-refractivity contribution in [3.8, 4) is 55.9 Å². The van der Waals surface area contributed by atoms with Crippen molar-refractivity contribution in [1.29, 1.82) is 0 Å². The monoisotopic (exact) mass is 965 g/mol. The fourth-order valence-electron chi connectivity index (χ4n) is 13.4. The molecule has 3 heteroatoms. The van der Waals surface area contributed by atoms with Gasteiger partial charge in [-0.15, -0.1) is 0 Å². The first-order valence-corrected chi connectivity index (χ1v) is 26.3. The number of aromatic nitrogens is 2. The Morgan fingerprint density at radius 2 is 0.776 bits per heavy atom. The zero-order chi connectivity index (χ0) is 49.9. The first-order valence-electron chi connectivity index (χ1n) is 26.3. The van der Waals surface area contributed by atoms with Gasteiger partial charge in [0.15, 0.2) is 0 Å². The molecule has 3 heterocycles. The first kappa shape index (κ1) is 42.5. The number of nitrogens with zero attached hydrogens (tertiary/aromatic N) is 3. The second-order valence-corrected chi connectivity index (χ2v) is 20.3. The van der Waals surface area contributed by atoms with Crippen molar-refractivity contribution in [3.05, 3.63) is 307 Å². The number of hydrogen-bond acceptors (Lipinski definition) is 1. The van der Waals surface area contributed by atoms with Crippen LogP contribution in [0.25, 0.3) is 99.5 Å². The highest BCUT2D eigenvalue weighted by Gasteiger charge is 2.51. The SMILES string of the molecule is c1ccc(-c2cccc(-c3ccccc3N(c3ccc(-c4ccc(-n5c6ccccc6c6ccccc65)cc4)cc3)c3cccc4c3-c3ccccc3C43c4ccccc4-n4c5ccccc5c5cccc3c54)c2)cc1. The molecule has 76 heavy (non-hydrogen) atoms. The van der Waals surface area contributed by atoms with Crippen LogP contribution in [0.15, 0.2) is 285 Å². The molecule has 354 valence electrons. The Balaban J connectivity index is 0.904. The lowest BCUT2D eigenvalue weighted by Crippen LogP contribution is -2.33. The van der Waals surface area contributed by atoms with E-state index >= 15 is 0 Å². The van der Waals surface area contributed by atoms with Crippen LogP contribution in [0, 0.1) is 0 Å². The van der Waals surface area contributed by atoms with Gasteiger partial charge in [-0.25, -0.2) is 0 Å². The van der Waals surface area contributed by atoms with Crippen LogP contribution in [-0.4, -0.2) is 9.13 Å². The predicted octanol–water partition coefficient (Wildman–Crippen LogP) is 19.0. The average molecular weight is 966 g/mol. The van der Waals surface area contributed by atoms with E-state index in [1.165, 1.54) is 99.4 Å². The van der Waals surface area contributed by atoms with E-state index in [1.54, 1.807) is 0 Å². The molecule has 0 fully saturated rings. The summed E-state index contributed by atoms with van der Waals surface area (Å²) in [6, 6.07) is 106. The molecule has 1 aliphatic carbocycles. The molecule has 14 aromatic rings. The van der Waals surface area contributed by atoms with Crippen LogP contribution in [0.2, 0.25) is 0 Å². The lowest BCUT2D eigenvalue weighted by molar-refractivity contribution is 0.748. The normalized spacial score (nSPS) is 14.1. The second-order valence-electron chi connectivity index (χ2n) is 20.3. The van der Waals surface area contributed by atoms with Gasteiger partial charge in [0.2, 0.25) is 0 Å². The van der Waals surface area contributed by atoms with E-state index in [2.05, 4.69) is 299 Å². The van der Waals surface area contributed by atoms with Crippen molar-refractivity contribution in [3.63, 3.8) is 0 Å². The van der Waals surface area contributed by atoms with Gasteiger partial charge in [0.1, 0.15) is 0 Å². The van der Waals surface area contributed by atoms with E-state index < -0.39 is 5.41 Å². The Bertz CT molecular complexity index is 4580. The molecule has 3 nitrogen and oxygen atoms in total. The summed E-state index contributed by atoms with van der Waals surface area (Å²) in [5.74, 6) is 0. The number of rotatable bonds is 7. The molecule has 12 aromatic carbocycles. The Labute approximate surface area is 441 Å². The maximum atomic E-state index is 2.53. The summed E-state index contributed by atoms with van der Waals surface area (Å²) >= 11 is 0. The van der Waals surface area contributed by atoms with Gasteiger partial charge < -0.3 is 14.0 Å². The van der Waals surface area contributed by atoms with E-state index in [0.29, 0.717) is 0 Å². The van der Waals surface area contributed by atoms with E-state index in [-0.39, 0.29) is 0 Å². The quantitative estimate of drug-likeness (QED) is 0.155. The van der Waals surface area contributed by atoms with Crippen molar-refractivity contribution >= 4 is 60.7 Å². The number of hydrogen-bond donors (Lipinski definition) is 0. The van der Waals surface area contributed by atoms with Crippen LogP contribution in [0.5, 0.6) is 0 Å². The minimum atomic E-state index is -0.590. The fraction of sp³-hybridized carbons (Fsp3) is 0.0137. The lowest BCUT2D eigenvalue weighted by Gasteiger charge is -2.39. The Kier molecular flexibility index (Phi) is 9.25. The summed E-state index contributed by atoms with van der Waals surface area (Å²) in [6.07, 6.45) is 0. The highest BCUT2D eigenvalue weighted by atomic mass is 15.1. The second kappa shape index (κ2) is 16.5. The molecule has 0 bridgehead atoms. The van der Waals surface area contributed by atoms with Gasteiger partial charge in [-0.2, -0.15) is 0 Å². The van der Waals surface area contributed by atoms with Gasteiger partial charge >= 0.3 is 0 Å². The van der Waals surface area contributed by atoms with Crippen molar-refractivity contribution in [1.82, 2.24) is 9.13 Å². The maximum absolute atomic E-state index is 2.53. The molecule has 1 atom stereocenters. The van der Waals surface area contributed by atoms with Crippen LogP contribution >= 0.6 is 0 Å². The third-order valence-corrected chi connectivity index (χ3v) is 16.5. The number of fused-ring (bicyclic) bond motifs is 15. The van der Waals surface area contributed by atoms with E-state index in [4.69, 9.17) is 0 Å². The molecule has 2 aliphatic rings. The van der Waals surface area contributed by atoms with Gasteiger partial charge in [-0.1, -0.05) is 218 Å². The molecule has 0 saturated heterocycles. The Morgan fingerprint density at radius 1 is 0.289 bits per heavy atom. The van der Waals surface area contributed by atoms with Crippen molar-refractivity contribution in [2.24, 2.45) is 0 Å². The summed E-state index contributed by atoms with van der Waals surface area (Å²) in [7, 11) is 0. The van der Waals surface area contributed by atoms with Crippen molar-refractivity contribution in [2.75, 3.05) is 4.90 Å². The number of para-hydroxylation sites is 6. The van der Waals surface area contributed by atoms with Crippen LogP contribution in [0.4, 0.5) is 17.1 Å². The van der Waals surface area contributed by atoms with Gasteiger partial charge in [0.05, 0.1) is 44.5 Å². The number of anilines is 3. The third-order valence-electron chi connectivity index (χ3n) is 16.5. The van der Waals surface area contributed by atoms with E-state index in [9.17, 15) is 0 Å². The molecule has 0 N–H and O–H groups in total. The molecular formula is C73H47N3. The lowest BCUT2D eigenvalue weighted by atomic mass is 9.65. The maximum Gasteiger partial charge on any atom is 0.0755 e. The average Bonchev–Trinajstić information content (AvgIpc) is 4.20.